The molecule has 1 atom stereocenters. The maximum atomic E-state index is 12.7. The molecule has 3 rings (SSSR count). The minimum absolute atomic E-state index is 0.0101. The molecular formula is C22H20F3NO3. The fraction of sp³-hybridized carbons (Fsp3) is 0.227. The van der Waals surface area contributed by atoms with Gasteiger partial charge in [0.25, 0.3) is 5.91 Å². The molecule has 3 aromatic carbocycles. The van der Waals surface area contributed by atoms with Crippen molar-refractivity contribution in [3.63, 3.8) is 0 Å². The van der Waals surface area contributed by atoms with E-state index in [1.54, 1.807) is 30.3 Å². The number of carbonyl (C=O) groups is 1. The molecule has 1 unspecified atom stereocenters. The van der Waals surface area contributed by atoms with Crippen molar-refractivity contribution in [2.45, 2.75) is 25.6 Å². The molecule has 152 valence electrons. The van der Waals surface area contributed by atoms with Crippen molar-refractivity contribution in [2.75, 3.05) is 6.61 Å². The van der Waals surface area contributed by atoms with Crippen molar-refractivity contribution in [3.8, 4) is 11.5 Å². The van der Waals surface area contributed by atoms with Gasteiger partial charge >= 0.3 is 6.18 Å². The lowest BCUT2D eigenvalue weighted by Crippen LogP contribution is -2.33. The van der Waals surface area contributed by atoms with E-state index in [0.717, 1.165) is 22.9 Å². The molecule has 29 heavy (non-hydrogen) atoms. The Morgan fingerprint density at radius 1 is 1.10 bits per heavy atom. The standard InChI is InChI=1S/C22H20F3NO3/c1-14(11-12-27)26-21(28)16-5-10-19-15(13-16)3-2-4-20(19)29-18-8-6-17(7-9-18)22(23,24)25/h2-10,13-14,27H,11-12H2,1H3,(H,26,28). The molecule has 2 N–H and O–H groups in total. The van der Waals surface area contributed by atoms with E-state index >= 15 is 0 Å². The number of fused-ring (bicyclic) bond motifs is 1. The molecule has 0 saturated heterocycles. The van der Waals surface area contributed by atoms with Crippen molar-refractivity contribution in [2.24, 2.45) is 0 Å². The van der Waals surface area contributed by atoms with Crippen molar-refractivity contribution in [1.82, 2.24) is 5.32 Å². The second-order valence-corrected chi connectivity index (χ2v) is 6.70. The van der Waals surface area contributed by atoms with Crippen LogP contribution in [0, 0.1) is 0 Å². The average molecular weight is 403 g/mol. The summed E-state index contributed by atoms with van der Waals surface area (Å²) in [6.07, 6.45) is -3.94. The van der Waals surface area contributed by atoms with E-state index < -0.39 is 11.7 Å². The van der Waals surface area contributed by atoms with Gasteiger partial charge in [-0.3, -0.25) is 4.79 Å². The summed E-state index contributed by atoms with van der Waals surface area (Å²) in [5.74, 6) is 0.509. The first-order valence-electron chi connectivity index (χ1n) is 9.07. The molecule has 0 radical (unpaired) electrons. The van der Waals surface area contributed by atoms with Gasteiger partial charge in [0.1, 0.15) is 11.5 Å². The molecule has 0 bridgehead atoms. The minimum Gasteiger partial charge on any atom is -0.457 e. The van der Waals surface area contributed by atoms with Gasteiger partial charge < -0.3 is 15.2 Å². The monoisotopic (exact) mass is 403 g/mol. The first-order chi connectivity index (χ1) is 13.8. The fourth-order valence-corrected chi connectivity index (χ4v) is 2.90. The van der Waals surface area contributed by atoms with E-state index in [-0.39, 0.29) is 24.3 Å². The lowest BCUT2D eigenvalue weighted by atomic mass is 10.1. The quantitative estimate of drug-likeness (QED) is 0.598. The zero-order valence-corrected chi connectivity index (χ0v) is 15.7. The second-order valence-electron chi connectivity index (χ2n) is 6.70. The van der Waals surface area contributed by atoms with Gasteiger partial charge in [-0.15, -0.1) is 0 Å². The minimum atomic E-state index is -4.40. The van der Waals surface area contributed by atoms with Gasteiger partial charge in [0, 0.05) is 23.6 Å². The number of ether oxygens (including phenoxy) is 1. The zero-order valence-electron chi connectivity index (χ0n) is 15.7. The number of halogens is 3. The molecule has 0 aliphatic carbocycles. The largest absolute Gasteiger partial charge is 0.457 e. The average Bonchev–Trinajstić information content (AvgIpc) is 2.67. The van der Waals surface area contributed by atoms with Crippen LogP contribution in [0.2, 0.25) is 0 Å². The third-order valence-electron chi connectivity index (χ3n) is 4.45. The van der Waals surface area contributed by atoms with Crippen LogP contribution in [-0.4, -0.2) is 23.7 Å². The molecule has 0 aliphatic rings. The van der Waals surface area contributed by atoms with Crippen molar-refractivity contribution in [1.29, 1.82) is 0 Å². The summed E-state index contributed by atoms with van der Waals surface area (Å²) in [5.41, 5.74) is -0.275. The van der Waals surface area contributed by atoms with Crippen molar-refractivity contribution >= 4 is 16.7 Å². The number of aliphatic hydroxyl groups excluding tert-OH is 1. The molecule has 0 saturated carbocycles. The highest BCUT2D eigenvalue weighted by molar-refractivity contribution is 6.00. The van der Waals surface area contributed by atoms with Crippen LogP contribution in [0.3, 0.4) is 0 Å². The molecule has 3 aromatic rings. The third-order valence-corrected chi connectivity index (χ3v) is 4.45. The van der Waals surface area contributed by atoms with E-state index in [9.17, 15) is 18.0 Å². The highest BCUT2D eigenvalue weighted by Crippen LogP contribution is 2.33. The van der Waals surface area contributed by atoms with E-state index in [1.165, 1.54) is 12.1 Å². The number of alkyl halides is 3. The first kappa shape index (κ1) is 20.7. The SMILES string of the molecule is CC(CCO)NC(=O)c1ccc2c(Oc3ccc(C(F)(F)F)cc3)cccc2c1. The van der Waals surface area contributed by atoms with Crippen LogP contribution >= 0.6 is 0 Å². The fourth-order valence-electron chi connectivity index (χ4n) is 2.90. The highest BCUT2D eigenvalue weighted by atomic mass is 19.4. The Kier molecular flexibility index (Phi) is 6.08. The molecule has 0 fully saturated rings. The number of amides is 1. The first-order valence-corrected chi connectivity index (χ1v) is 9.07. The third kappa shape index (κ3) is 5.06. The number of aliphatic hydroxyl groups is 1. The molecular weight excluding hydrogens is 383 g/mol. The van der Waals surface area contributed by atoms with Gasteiger partial charge in [-0.25, -0.2) is 0 Å². The van der Waals surface area contributed by atoms with Gasteiger partial charge in [0.15, 0.2) is 0 Å². The van der Waals surface area contributed by atoms with Crippen LogP contribution in [0.1, 0.15) is 29.3 Å². The van der Waals surface area contributed by atoms with E-state index in [4.69, 9.17) is 9.84 Å². The maximum Gasteiger partial charge on any atom is 0.416 e. The van der Waals surface area contributed by atoms with Gasteiger partial charge in [-0.1, -0.05) is 12.1 Å². The number of nitrogens with one attached hydrogen (secondary N) is 1. The normalized spacial score (nSPS) is 12.6. The number of benzene rings is 3. The molecule has 0 spiro atoms. The van der Waals surface area contributed by atoms with E-state index in [0.29, 0.717) is 17.7 Å². The topological polar surface area (TPSA) is 58.6 Å². The Hall–Kier alpha value is -3.06. The Morgan fingerprint density at radius 3 is 2.48 bits per heavy atom. The van der Waals surface area contributed by atoms with Crippen LogP contribution in [-0.2, 0) is 6.18 Å². The lowest BCUT2D eigenvalue weighted by Gasteiger charge is -2.14. The van der Waals surface area contributed by atoms with E-state index in [1.807, 2.05) is 13.0 Å². The number of hydrogen-bond acceptors (Lipinski definition) is 3. The van der Waals surface area contributed by atoms with Crippen LogP contribution in [0.5, 0.6) is 11.5 Å². The summed E-state index contributed by atoms with van der Waals surface area (Å²) in [7, 11) is 0. The summed E-state index contributed by atoms with van der Waals surface area (Å²) in [4.78, 5) is 12.3. The van der Waals surface area contributed by atoms with Gasteiger partial charge in [-0.2, -0.15) is 13.2 Å². The summed E-state index contributed by atoms with van der Waals surface area (Å²) in [6, 6.07) is 14.7. The zero-order chi connectivity index (χ0) is 21.0. The Bertz CT molecular complexity index is 1000. The molecule has 1 amide bonds. The lowest BCUT2D eigenvalue weighted by molar-refractivity contribution is -0.137. The molecule has 7 heteroatoms. The summed E-state index contributed by atoms with van der Waals surface area (Å²) < 4.78 is 43.8. The van der Waals surface area contributed by atoms with Gasteiger partial charge in [0.2, 0.25) is 0 Å². The van der Waals surface area contributed by atoms with Gasteiger partial charge in [0.05, 0.1) is 5.56 Å². The second kappa shape index (κ2) is 8.53. The molecule has 4 nitrogen and oxygen atoms in total. The Labute approximate surface area is 165 Å². The summed E-state index contributed by atoms with van der Waals surface area (Å²) >= 11 is 0. The Morgan fingerprint density at radius 2 is 1.83 bits per heavy atom. The predicted molar refractivity (Wildman–Crippen MR) is 104 cm³/mol. The number of carbonyl (C=O) groups excluding carboxylic acids is 1. The van der Waals surface area contributed by atoms with Crippen LogP contribution in [0.15, 0.2) is 60.7 Å². The highest BCUT2D eigenvalue weighted by Gasteiger charge is 2.30. The van der Waals surface area contributed by atoms with Crippen molar-refractivity contribution < 1.29 is 27.8 Å². The van der Waals surface area contributed by atoms with E-state index in [2.05, 4.69) is 5.32 Å². The van der Waals surface area contributed by atoms with Crippen LogP contribution < -0.4 is 10.1 Å². The van der Waals surface area contributed by atoms with Crippen LogP contribution in [0.25, 0.3) is 10.8 Å². The van der Waals surface area contributed by atoms with Crippen LogP contribution in [0.4, 0.5) is 13.2 Å². The van der Waals surface area contributed by atoms with Gasteiger partial charge in [-0.05, 0) is 67.3 Å². The molecule has 0 heterocycles. The maximum absolute atomic E-state index is 12.7. The summed E-state index contributed by atoms with van der Waals surface area (Å²) in [6.45, 7) is 1.80. The molecule has 0 aliphatic heterocycles. The molecule has 0 aromatic heterocycles. The predicted octanol–water partition coefficient (Wildman–Crippen LogP) is 5.15. The number of hydrogen-bond donors (Lipinski definition) is 2. The Balaban J connectivity index is 1.82. The van der Waals surface area contributed by atoms with Crippen molar-refractivity contribution in [3.05, 3.63) is 71.8 Å². The smallest absolute Gasteiger partial charge is 0.416 e. The number of rotatable bonds is 6. The summed E-state index contributed by atoms with van der Waals surface area (Å²) in [5, 5.41) is 13.2.